The Morgan fingerprint density at radius 2 is 1.76 bits per heavy atom. The molecule has 156 valence electrons. The number of carbonyl (C=O) groups is 1. The molecule has 7 heteroatoms. The molecule has 0 spiro atoms. The van der Waals surface area contributed by atoms with Crippen LogP contribution in [0.5, 0.6) is 0 Å². The third-order valence-electron chi connectivity index (χ3n) is 4.79. The third kappa shape index (κ3) is 6.89. The zero-order chi connectivity index (χ0) is 19.8. The molecule has 2 aromatic rings. The summed E-state index contributed by atoms with van der Waals surface area (Å²) in [6.07, 6.45) is 2.20. The van der Waals surface area contributed by atoms with E-state index in [2.05, 4.69) is 27.8 Å². The fourth-order valence-electron chi connectivity index (χ4n) is 3.31. The van der Waals surface area contributed by atoms with Gasteiger partial charge in [0.2, 0.25) is 5.91 Å². The van der Waals surface area contributed by atoms with Crippen LogP contribution in [-0.4, -0.2) is 42.9 Å². The summed E-state index contributed by atoms with van der Waals surface area (Å²) in [6, 6.07) is 16.0. The quantitative estimate of drug-likeness (QED) is 0.335. The summed E-state index contributed by atoms with van der Waals surface area (Å²) in [4.78, 5) is 18.9. The van der Waals surface area contributed by atoms with Crippen molar-refractivity contribution in [1.82, 2.24) is 15.5 Å². The lowest BCUT2D eigenvalue weighted by atomic mass is 10.00. The van der Waals surface area contributed by atoms with Crippen molar-refractivity contribution in [3.05, 3.63) is 59.1 Å². The summed E-state index contributed by atoms with van der Waals surface area (Å²) in [5.41, 5.74) is 3.36. The number of rotatable bonds is 6. The zero-order valence-corrected chi connectivity index (χ0v) is 19.7. The number of nitrogens with one attached hydrogen (secondary N) is 2. The first-order valence-corrected chi connectivity index (χ1v) is 10.2. The molecule has 0 unspecified atom stereocenters. The van der Waals surface area contributed by atoms with E-state index < -0.39 is 0 Å². The number of amides is 1. The van der Waals surface area contributed by atoms with Gasteiger partial charge in [0.1, 0.15) is 0 Å². The van der Waals surface area contributed by atoms with Gasteiger partial charge in [-0.05, 0) is 48.6 Å². The second-order valence-electron chi connectivity index (χ2n) is 6.80. The summed E-state index contributed by atoms with van der Waals surface area (Å²) in [6.45, 7) is 5.27. The third-order valence-corrected chi connectivity index (χ3v) is 5.04. The van der Waals surface area contributed by atoms with E-state index >= 15 is 0 Å². The molecule has 29 heavy (non-hydrogen) atoms. The van der Waals surface area contributed by atoms with Crippen molar-refractivity contribution in [2.75, 3.05) is 26.2 Å². The summed E-state index contributed by atoms with van der Waals surface area (Å²) in [7, 11) is 0. The number of likely N-dealkylation sites (tertiary alicyclic amines) is 1. The molecule has 1 aliphatic heterocycles. The maximum absolute atomic E-state index is 12.3. The summed E-state index contributed by atoms with van der Waals surface area (Å²) in [5, 5.41) is 7.10. The van der Waals surface area contributed by atoms with E-state index in [4.69, 9.17) is 11.6 Å². The van der Waals surface area contributed by atoms with Gasteiger partial charge in [0.05, 0.1) is 13.1 Å². The normalized spacial score (nSPS) is 13.7. The first-order valence-electron chi connectivity index (χ1n) is 9.81. The van der Waals surface area contributed by atoms with E-state index in [9.17, 15) is 4.79 Å². The van der Waals surface area contributed by atoms with Gasteiger partial charge >= 0.3 is 0 Å². The molecule has 1 heterocycles. The van der Waals surface area contributed by atoms with E-state index in [1.165, 1.54) is 0 Å². The van der Waals surface area contributed by atoms with Crippen LogP contribution in [-0.2, 0) is 11.3 Å². The number of halogens is 2. The Labute approximate surface area is 194 Å². The molecule has 5 nitrogen and oxygen atoms in total. The molecule has 0 aromatic heterocycles. The van der Waals surface area contributed by atoms with Gasteiger partial charge in [0, 0.05) is 24.7 Å². The summed E-state index contributed by atoms with van der Waals surface area (Å²) < 4.78 is 0. The van der Waals surface area contributed by atoms with Crippen LogP contribution in [0.3, 0.4) is 0 Å². The van der Waals surface area contributed by atoms with Crippen LogP contribution in [0.1, 0.15) is 25.3 Å². The van der Waals surface area contributed by atoms with E-state index in [1.54, 1.807) is 0 Å². The SMILES string of the molecule is CCNC(=NCc1ccccc1-c1ccc(Cl)cc1)NCC(=O)N1CCCC1.I. The molecule has 0 atom stereocenters. The highest BCUT2D eigenvalue weighted by Gasteiger charge is 2.17. The Bertz CT molecular complexity index is 820. The second kappa shape index (κ2) is 12.0. The fraction of sp³-hybridized carbons (Fsp3) is 0.364. The summed E-state index contributed by atoms with van der Waals surface area (Å²) >= 11 is 6.01. The van der Waals surface area contributed by atoms with E-state index in [0.717, 1.165) is 54.2 Å². The Morgan fingerprint density at radius 1 is 1.07 bits per heavy atom. The van der Waals surface area contributed by atoms with Crippen molar-refractivity contribution in [2.24, 2.45) is 4.99 Å². The average molecular weight is 527 g/mol. The first kappa shape index (κ1) is 23.5. The number of benzene rings is 2. The van der Waals surface area contributed by atoms with Crippen LogP contribution >= 0.6 is 35.6 Å². The molecule has 1 aliphatic rings. The predicted octanol–water partition coefficient (Wildman–Crippen LogP) is 4.30. The number of hydrogen-bond donors (Lipinski definition) is 2. The maximum Gasteiger partial charge on any atom is 0.241 e. The van der Waals surface area contributed by atoms with Crippen molar-refractivity contribution in [3.8, 4) is 11.1 Å². The van der Waals surface area contributed by atoms with Gasteiger partial charge in [-0.2, -0.15) is 0 Å². The largest absolute Gasteiger partial charge is 0.357 e. The highest BCUT2D eigenvalue weighted by Crippen LogP contribution is 2.25. The van der Waals surface area contributed by atoms with Gasteiger partial charge in [-0.3, -0.25) is 4.79 Å². The monoisotopic (exact) mass is 526 g/mol. The average Bonchev–Trinajstić information content (AvgIpc) is 3.26. The number of aliphatic imine (C=N–C) groups is 1. The Balaban J connectivity index is 0.00000300. The highest BCUT2D eigenvalue weighted by molar-refractivity contribution is 14.0. The molecule has 3 rings (SSSR count). The zero-order valence-electron chi connectivity index (χ0n) is 16.7. The van der Waals surface area contributed by atoms with Crippen molar-refractivity contribution in [1.29, 1.82) is 0 Å². The van der Waals surface area contributed by atoms with Crippen molar-refractivity contribution in [2.45, 2.75) is 26.3 Å². The van der Waals surface area contributed by atoms with Crippen LogP contribution in [0, 0.1) is 0 Å². The van der Waals surface area contributed by atoms with E-state index in [0.29, 0.717) is 12.5 Å². The minimum Gasteiger partial charge on any atom is -0.357 e. The molecule has 1 saturated heterocycles. The first-order chi connectivity index (χ1) is 13.7. The smallest absolute Gasteiger partial charge is 0.241 e. The molecule has 1 fully saturated rings. The molecule has 0 saturated carbocycles. The Kier molecular flexibility index (Phi) is 9.73. The number of carbonyl (C=O) groups excluding carboxylic acids is 1. The lowest BCUT2D eigenvalue weighted by molar-refractivity contribution is -0.128. The van der Waals surface area contributed by atoms with Gasteiger partial charge < -0.3 is 15.5 Å². The Hall–Kier alpha value is -1.80. The Morgan fingerprint density at radius 3 is 2.45 bits per heavy atom. The van der Waals surface area contributed by atoms with E-state index in [1.807, 2.05) is 48.2 Å². The minimum absolute atomic E-state index is 0. The van der Waals surface area contributed by atoms with Gasteiger partial charge in [-0.1, -0.05) is 48.0 Å². The molecule has 0 bridgehead atoms. The highest BCUT2D eigenvalue weighted by atomic mass is 127. The van der Waals surface area contributed by atoms with Crippen molar-refractivity contribution >= 4 is 47.4 Å². The fourth-order valence-corrected chi connectivity index (χ4v) is 3.44. The predicted molar refractivity (Wildman–Crippen MR) is 131 cm³/mol. The van der Waals surface area contributed by atoms with Gasteiger partial charge in [-0.25, -0.2) is 4.99 Å². The number of hydrogen-bond acceptors (Lipinski definition) is 2. The number of guanidine groups is 1. The van der Waals surface area contributed by atoms with Crippen LogP contribution in [0.25, 0.3) is 11.1 Å². The van der Waals surface area contributed by atoms with Gasteiger partial charge in [0.15, 0.2) is 5.96 Å². The lowest BCUT2D eigenvalue weighted by Crippen LogP contribution is -2.44. The van der Waals surface area contributed by atoms with E-state index in [-0.39, 0.29) is 36.4 Å². The van der Waals surface area contributed by atoms with Gasteiger partial charge in [-0.15, -0.1) is 24.0 Å². The molecule has 0 aliphatic carbocycles. The molecule has 2 N–H and O–H groups in total. The van der Waals surface area contributed by atoms with Crippen molar-refractivity contribution < 1.29 is 4.79 Å². The topological polar surface area (TPSA) is 56.7 Å². The van der Waals surface area contributed by atoms with Crippen LogP contribution in [0.2, 0.25) is 5.02 Å². The van der Waals surface area contributed by atoms with Crippen LogP contribution in [0.15, 0.2) is 53.5 Å². The molecule has 1 amide bonds. The summed E-state index contributed by atoms with van der Waals surface area (Å²) in [5.74, 6) is 0.783. The van der Waals surface area contributed by atoms with Gasteiger partial charge in [0.25, 0.3) is 0 Å². The molecule has 2 aromatic carbocycles. The molecule has 0 radical (unpaired) electrons. The minimum atomic E-state index is 0. The lowest BCUT2D eigenvalue weighted by Gasteiger charge is -2.17. The van der Waals surface area contributed by atoms with Crippen molar-refractivity contribution in [3.63, 3.8) is 0 Å². The standard InChI is InChI=1S/C22H27ClN4O.HI/c1-2-24-22(26-16-21(28)27-13-5-6-14-27)25-15-18-7-3-4-8-20(18)17-9-11-19(23)12-10-17;/h3-4,7-12H,2,5-6,13-16H2,1H3,(H2,24,25,26);1H. The molecular formula is C22H28ClIN4O. The van der Waals surface area contributed by atoms with Crippen LogP contribution in [0.4, 0.5) is 0 Å². The maximum atomic E-state index is 12.3. The number of nitrogens with zero attached hydrogens (tertiary/aromatic N) is 2. The van der Waals surface area contributed by atoms with Crippen LogP contribution < -0.4 is 10.6 Å². The molecular weight excluding hydrogens is 499 g/mol. The second-order valence-corrected chi connectivity index (χ2v) is 7.24.